The monoisotopic (exact) mass is 392 g/mol. The molecule has 3 heterocycles. The number of fused-ring (bicyclic) bond motifs is 2. The molecule has 2 aromatic carbocycles. The number of rotatable bonds is 2. The number of piperazine rings is 1. The maximum atomic E-state index is 12.7. The zero-order valence-corrected chi connectivity index (χ0v) is 16.6. The van der Waals surface area contributed by atoms with Crippen molar-refractivity contribution >= 4 is 16.7 Å². The van der Waals surface area contributed by atoms with Gasteiger partial charge in [-0.2, -0.15) is 0 Å². The summed E-state index contributed by atoms with van der Waals surface area (Å²) in [6.45, 7) is 7.27. The quantitative estimate of drug-likeness (QED) is 0.675. The Kier molecular flexibility index (Phi) is 4.43. The number of benzene rings is 2. The van der Waals surface area contributed by atoms with E-state index >= 15 is 0 Å². The smallest absolute Gasteiger partial charge is 0.344 e. The van der Waals surface area contributed by atoms with Crippen molar-refractivity contribution < 1.29 is 13.9 Å². The molecule has 3 aromatic rings. The summed E-state index contributed by atoms with van der Waals surface area (Å²) < 4.78 is 16.9. The van der Waals surface area contributed by atoms with E-state index in [0.717, 1.165) is 29.7 Å². The molecule has 0 saturated carbocycles. The van der Waals surface area contributed by atoms with Crippen molar-refractivity contribution in [3.63, 3.8) is 0 Å². The predicted molar refractivity (Wildman–Crippen MR) is 113 cm³/mol. The van der Waals surface area contributed by atoms with Crippen LogP contribution in [0.25, 0.3) is 22.1 Å². The van der Waals surface area contributed by atoms with Crippen LogP contribution < -0.4 is 25.3 Å². The van der Waals surface area contributed by atoms with E-state index in [4.69, 9.17) is 13.9 Å². The van der Waals surface area contributed by atoms with Crippen LogP contribution in [0.2, 0.25) is 0 Å². The van der Waals surface area contributed by atoms with Gasteiger partial charge in [-0.05, 0) is 49.7 Å². The molecule has 1 saturated heterocycles. The Morgan fingerprint density at radius 2 is 1.69 bits per heavy atom. The van der Waals surface area contributed by atoms with E-state index in [9.17, 15) is 4.79 Å². The zero-order valence-electron chi connectivity index (χ0n) is 16.6. The molecule has 5 rings (SSSR count). The molecule has 1 fully saturated rings. The van der Waals surface area contributed by atoms with Gasteiger partial charge in [-0.3, -0.25) is 0 Å². The Bertz CT molecular complexity index is 1110. The van der Waals surface area contributed by atoms with Crippen LogP contribution in [0, 0.1) is 0 Å². The van der Waals surface area contributed by atoms with E-state index in [-0.39, 0.29) is 5.63 Å². The summed E-state index contributed by atoms with van der Waals surface area (Å²) in [6.07, 6.45) is 0. The lowest BCUT2D eigenvalue weighted by molar-refractivity contribution is 0.171. The lowest BCUT2D eigenvalue weighted by Crippen LogP contribution is -2.54. The minimum Gasteiger partial charge on any atom is -0.486 e. The fraction of sp³-hybridized carbons (Fsp3) is 0.348. The molecule has 2 atom stereocenters. The third-order valence-electron chi connectivity index (χ3n) is 5.50. The highest BCUT2D eigenvalue weighted by Gasteiger charge is 2.22. The maximum Gasteiger partial charge on any atom is 0.344 e. The van der Waals surface area contributed by atoms with E-state index < -0.39 is 0 Å². The first-order chi connectivity index (χ1) is 14.1. The number of hydrogen-bond donors (Lipinski definition) is 1. The highest BCUT2D eigenvalue weighted by Crippen LogP contribution is 2.34. The molecule has 0 aliphatic carbocycles. The van der Waals surface area contributed by atoms with Crippen LogP contribution in [-0.2, 0) is 0 Å². The van der Waals surface area contributed by atoms with Crippen molar-refractivity contribution in [1.29, 1.82) is 0 Å². The second-order valence-electron chi connectivity index (χ2n) is 7.90. The topological polar surface area (TPSA) is 63.9 Å². The van der Waals surface area contributed by atoms with E-state index in [2.05, 4.69) is 30.1 Å². The lowest BCUT2D eigenvalue weighted by Gasteiger charge is -2.37. The Hall–Kier alpha value is -2.99. The van der Waals surface area contributed by atoms with Gasteiger partial charge in [0.1, 0.15) is 18.8 Å². The molecule has 2 unspecified atom stereocenters. The van der Waals surface area contributed by atoms with Crippen LogP contribution in [0.5, 0.6) is 11.5 Å². The third kappa shape index (κ3) is 3.44. The van der Waals surface area contributed by atoms with Crippen LogP contribution in [0.15, 0.2) is 51.7 Å². The molecular formula is C23H24N2O4. The van der Waals surface area contributed by atoms with Crippen LogP contribution in [0.4, 0.5) is 5.69 Å². The second-order valence-corrected chi connectivity index (χ2v) is 7.90. The molecule has 6 heteroatoms. The Labute approximate surface area is 169 Å². The van der Waals surface area contributed by atoms with Gasteiger partial charge in [-0.1, -0.05) is 6.07 Å². The van der Waals surface area contributed by atoms with E-state index in [1.54, 1.807) is 0 Å². The van der Waals surface area contributed by atoms with Crippen molar-refractivity contribution in [2.75, 3.05) is 31.2 Å². The molecule has 2 aliphatic rings. The molecule has 2 aliphatic heterocycles. The molecule has 1 aromatic heterocycles. The molecule has 29 heavy (non-hydrogen) atoms. The summed E-state index contributed by atoms with van der Waals surface area (Å²) in [6, 6.07) is 14.3. The van der Waals surface area contributed by atoms with Crippen LogP contribution in [0.3, 0.4) is 0 Å². The number of hydrogen-bond acceptors (Lipinski definition) is 6. The first kappa shape index (κ1) is 18.1. The SMILES string of the molecule is CC1CN(c2ccc3cc(-c4ccc5c(c4)OCCO5)c(=O)oc3c2)CC(C)N1. The van der Waals surface area contributed by atoms with Gasteiger partial charge in [0.05, 0.1) is 5.56 Å². The summed E-state index contributed by atoms with van der Waals surface area (Å²) in [7, 11) is 0. The average Bonchev–Trinajstić information content (AvgIpc) is 2.72. The average molecular weight is 392 g/mol. The van der Waals surface area contributed by atoms with Gasteiger partial charge in [-0.15, -0.1) is 0 Å². The molecule has 6 nitrogen and oxygen atoms in total. The van der Waals surface area contributed by atoms with Gasteiger partial charge in [0.15, 0.2) is 11.5 Å². The van der Waals surface area contributed by atoms with Gasteiger partial charge in [0.2, 0.25) is 0 Å². The van der Waals surface area contributed by atoms with Crippen LogP contribution >= 0.6 is 0 Å². The highest BCUT2D eigenvalue weighted by molar-refractivity contribution is 5.85. The van der Waals surface area contributed by atoms with Crippen LogP contribution in [-0.4, -0.2) is 38.4 Å². The van der Waals surface area contributed by atoms with Crippen LogP contribution in [0.1, 0.15) is 13.8 Å². The minimum absolute atomic E-state index is 0.353. The Morgan fingerprint density at radius 3 is 2.48 bits per heavy atom. The first-order valence-electron chi connectivity index (χ1n) is 10.1. The zero-order chi connectivity index (χ0) is 20.0. The van der Waals surface area contributed by atoms with E-state index in [1.807, 2.05) is 36.4 Å². The van der Waals surface area contributed by atoms with Crippen molar-refractivity contribution in [3.8, 4) is 22.6 Å². The largest absolute Gasteiger partial charge is 0.486 e. The molecule has 0 spiro atoms. The summed E-state index contributed by atoms with van der Waals surface area (Å²) in [5, 5.41) is 4.44. The number of nitrogens with one attached hydrogen (secondary N) is 1. The summed E-state index contributed by atoms with van der Waals surface area (Å²) >= 11 is 0. The predicted octanol–water partition coefficient (Wildman–Crippen LogP) is 3.42. The summed E-state index contributed by atoms with van der Waals surface area (Å²) in [5.41, 5.74) is 2.61. The van der Waals surface area contributed by atoms with Crippen molar-refractivity contribution in [2.45, 2.75) is 25.9 Å². The molecular weight excluding hydrogens is 368 g/mol. The molecule has 150 valence electrons. The fourth-order valence-electron chi connectivity index (χ4n) is 4.25. The molecule has 0 radical (unpaired) electrons. The number of ether oxygens (including phenoxy) is 2. The van der Waals surface area contributed by atoms with Crippen molar-refractivity contribution in [3.05, 3.63) is 52.9 Å². The minimum atomic E-state index is -0.353. The first-order valence-corrected chi connectivity index (χ1v) is 10.1. The Balaban J connectivity index is 1.51. The van der Waals surface area contributed by atoms with Gasteiger partial charge in [-0.25, -0.2) is 4.79 Å². The van der Waals surface area contributed by atoms with Gasteiger partial charge >= 0.3 is 5.63 Å². The second kappa shape index (κ2) is 7.12. The van der Waals surface area contributed by atoms with Gasteiger partial charge in [0, 0.05) is 42.3 Å². The molecule has 0 bridgehead atoms. The van der Waals surface area contributed by atoms with E-state index in [1.165, 1.54) is 0 Å². The summed E-state index contributed by atoms with van der Waals surface area (Å²) in [5.74, 6) is 1.36. The lowest BCUT2D eigenvalue weighted by atomic mass is 10.0. The van der Waals surface area contributed by atoms with Gasteiger partial charge < -0.3 is 24.1 Å². The number of anilines is 1. The normalized spacial score (nSPS) is 21.4. The highest BCUT2D eigenvalue weighted by atomic mass is 16.6. The summed E-state index contributed by atoms with van der Waals surface area (Å²) in [4.78, 5) is 15.1. The fourth-order valence-corrected chi connectivity index (χ4v) is 4.25. The number of nitrogens with zero attached hydrogens (tertiary/aromatic N) is 1. The Morgan fingerprint density at radius 1 is 0.931 bits per heavy atom. The maximum absolute atomic E-state index is 12.7. The van der Waals surface area contributed by atoms with Crippen molar-refractivity contribution in [1.82, 2.24) is 5.32 Å². The van der Waals surface area contributed by atoms with Crippen molar-refractivity contribution in [2.24, 2.45) is 0 Å². The third-order valence-corrected chi connectivity index (χ3v) is 5.50. The van der Waals surface area contributed by atoms with E-state index in [0.29, 0.717) is 47.9 Å². The standard InChI is InChI=1S/C23H24N2O4/c1-14-12-25(13-15(2)24-14)18-5-3-17-9-19(23(26)29-21(17)11-18)16-4-6-20-22(10-16)28-8-7-27-20/h3-6,9-11,14-15,24H,7-8,12-13H2,1-2H3. The molecule has 0 amide bonds. The van der Waals surface area contributed by atoms with Gasteiger partial charge in [0.25, 0.3) is 0 Å². The molecule has 1 N–H and O–H groups in total.